The summed E-state index contributed by atoms with van der Waals surface area (Å²) in [6.45, 7) is -2.96. The van der Waals surface area contributed by atoms with Crippen LogP contribution in [0.25, 0.3) is 11.1 Å². The fourth-order valence-electron chi connectivity index (χ4n) is 3.82. The second kappa shape index (κ2) is 8.96. The van der Waals surface area contributed by atoms with Crippen molar-refractivity contribution in [1.29, 1.82) is 0 Å². The third-order valence-electron chi connectivity index (χ3n) is 5.20. The summed E-state index contributed by atoms with van der Waals surface area (Å²) in [6.07, 6.45) is -0.473. The van der Waals surface area contributed by atoms with Gasteiger partial charge in [0.25, 0.3) is 5.91 Å². The molecule has 1 aliphatic rings. The van der Waals surface area contributed by atoms with Crippen LogP contribution in [-0.2, 0) is 0 Å². The van der Waals surface area contributed by atoms with Crippen molar-refractivity contribution in [2.75, 3.05) is 5.32 Å². The highest BCUT2D eigenvalue weighted by atomic mass is 79.9. The summed E-state index contributed by atoms with van der Waals surface area (Å²) < 4.78 is 38.1. The zero-order valence-electron chi connectivity index (χ0n) is 16.9. The summed E-state index contributed by atoms with van der Waals surface area (Å²) in [7, 11) is 0. The first-order valence-corrected chi connectivity index (χ1v) is 11.6. The molecule has 1 N–H and O–H groups in total. The number of hydrogen-bond donors (Lipinski definition) is 1. The first-order valence-electron chi connectivity index (χ1n) is 10.00. The van der Waals surface area contributed by atoms with Crippen molar-refractivity contribution in [3.05, 3.63) is 98.7 Å². The minimum Gasteiger partial charge on any atom is -0.479 e. The first-order chi connectivity index (χ1) is 16.0. The van der Waals surface area contributed by atoms with Gasteiger partial charge in [-0.05, 0) is 70.0 Å². The molecule has 0 bridgehead atoms. The Labute approximate surface area is 200 Å². The van der Waals surface area contributed by atoms with Crippen LogP contribution in [0.3, 0.4) is 0 Å². The predicted octanol–water partition coefficient (Wildman–Crippen LogP) is 7.51. The molecule has 3 aromatic carbocycles. The van der Waals surface area contributed by atoms with Gasteiger partial charge in [-0.25, -0.2) is 0 Å². The topological polar surface area (TPSA) is 47.6 Å². The van der Waals surface area contributed by atoms with Crippen molar-refractivity contribution in [2.24, 2.45) is 0 Å². The Morgan fingerprint density at radius 1 is 1.03 bits per heavy atom. The number of alkyl halides is 2. The van der Waals surface area contributed by atoms with E-state index in [2.05, 4.69) is 21.2 Å². The number of fused-ring (bicyclic) bond motifs is 3. The number of ether oxygens (including phenoxy) is 2. The lowest BCUT2D eigenvalue weighted by Crippen LogP contribution is -2.17. The molecule has 0 fully saturated rings. The quantitative estimate of drug-likeness (QED) is 0.292. The van der Waals surface area contributed by atoms with E-state index in [9.17, 15) is 13.6 Å². The van der Waals surface area contributed by atoms with Crippen molar-refractivity contribution in [3.63, 3.8) is 0 Å². The van der Waals surface area contributed by atoms with Gasteiger partial charge in [-0.2, -0.15) is 8.78 Å². The molecule has 1 aromatic heterocycles. The summed E-state index contributed by atoms with van der Waals surface area (Å²) >= 11 is 5.00. The van der Waals surface area contributed by atoms with Crippen molar-refractivity contribution in [3.8, 4) is 22.6 Å². The molecule has 5 rings (SSSR count). The lowest BCUT2D eigenvalue weighted by Gasteiger charge is -2.30. The zero-order chi connectivity index (χ0) is 22.9. The summed E-state index contributed by atoms with van der Waals surface area (Å²) in [5, 5.41) is 2.90. The number of rotatable bonds is 5. The number of hydrogen-bond acceptors (Lipinski definition) is 4. The van der Waals surface area contributed by atoms with Gasteiger partial charge in [-0.3, -0.25) is 4.79 Å². The predicted molar refractivity (Wildman–Crippen MR) is 127 cm³/mol. The van der Waals surface area contributed by atoms with E-state index in [0.29, 0.717) is 28.1 Å². The molecule has 1 amide bonds. The molecule has 0 aliphatic carbocycles. The number of carbonyl (C=O) groups excluding carboxylic acids is 1. The van der Waals surface area contributed by atoms with Crippen molar-refractivity contribution in [1.82, 2.24) is 0 Å². The SMILES string of the molecule is O=C(Nc1ccc2c(c1)C(c1ccc(Br)s1)Oc1cccc(OC(F)F)c1-2)c1ccccc1. The third-order valence-corrected chi connectivity index (χ3v) is 6.87. The van der Waals surface area contributed by atoms with Crippen molar-refractivity contribution < 1.29 is 23.0 Å². The fraction of sp³-hybridized carbons (Fsp3) is 0.0800. The minimum atomic E-state index is -2.96. The zero-order valence-corrected chi connectivity index (χ0v) is 19.3. The van der Waals surface area contributed by atoms with Gasteiger partial charge in [0, 0.05) is 16.8 Å². The minimum absolute atomic E-state index is 0.0376. The van der Waals surface area contributed by atoms with E-state index >= 15 is 0 Å². The highest BCUT2D eigenvalue weighted by Crippen LogP contribution is 2.50. The lowest BCUT2D eigenvalue weighted by molar-refractivity contribution is -0.0496. The second-order valence-corrected chi connectivity index (χ2v) is 9.76. The number of carbonyl (C=O) groups is 1. The molecule has 0 saturated carbocycles. The smallest absolute Gasteiger partial charge is 0.387 e. The van der Waals surface area contributed by atoms with E-state index in [-0.39, 0.29) is 11.7 Å². The number of thiophene rings is 1. The molecule has 1 atom stereocenters. The van der Waals surface area contributed by atoms with Gasteiger partial charge < -0.3 is 14.8 Å². The molecule has 1 aliphatic heterocycles. The molecule has 0 spiro atoms. The molecule has 0 saturated heterocycles. The standard InChI is InChI=1S/C25H16BrF2NO3S/c26-21-12-11-20(33-21)23-17-13-15(29-24(30)14-5-2-1-3-6-14)9-10-16(17)22-18(31-23)7-4-8-19(22)32-25(27)28/h1-13,23,25H,(H,29,30). The van der Waals surface area contributed by atoms with E-state index < -0.39 is 12.7 Å². The monoisotopic (exact) mass is 527 g/mol. The van der Waals surface area contributed by atoms with Crippen molar-refractivity contribution in [2.45, 2.75) is 12.7 Å². The Morgan fingerprint density at radius 3 is 2.58 bits per heavy atom. The molecule has 166 valence electrons. The van der Waals surface area contributed by atoms with Crippen LogP contribution in [0.5, 0.6) is 11.5 Å². The average Bonchev–Trinajstić information content (AvgIpc) is 3.24. The molecule has 4 nitrogen and oxygen atoms in total. The van der Waals surface area contributed by atoms with E-state index in [0.717, 1.165) is 14.2 Å². The van der Waals surface area contributed by atoms with Gasteiger partial charge in [0.1, 0.15) is 11.5 Å². The van der Waals surface area contributed by atoms with Gasteiger partial charge in [0.15, 0.2) is 6.10 Å². The summed E-state index contributed by atoms with van der Waals surface area (Å²) in [4.78, 5) is 13.6. The Bertz CT molecular complexity index is 1330. The molecule has 1 unspecified atom stereocenters. The van der Waals surface area contributed by atoms with Crippen LogP contribution in [0.4, 0.5) is 14.5 Å². The van der Waals surface area contributed by atoms with Crippen LogP contribution in [0.15, 0.2) is 82.6 Å². The Kier molecular flexibility index (Phi) is 5.86. The van der Waals surface area contributed by atoms with E-state index in [1.807, 2.05) is 24.3 Å². The van der Waals surface area contributed by atoms with Crippen LogP contribution >= 0.6 is 27.3 Å². The van der Waals surface area contributed by atoms with E-state index in [1.54, 1.807) is 48.5 Å². The van der Waals surface area contributed by atoms with Crippen LogP contribution in [0.2, 0.25) is 0 Å². The number of halogens is 3. The first kappa shape index (κ1) is 21.6. The van der Waals surface area contributed by atoms with Crippen LogP contribution in [0.1, 0.15) is 26.9 Å². The molecular formula is C25H16BrF2NO3S. The Balaban J connectivity index is 1.60. The molecular weight excluding hydrogens is 512 g/mol. The van der Waals surface area contributed by atoms with Crippen LogP contribution in [0, 0.1) is 0 Å². The summed E-state index contributed by atoms with van der Waals surface area (Å²) in [5.41, 5.74) is 3.01. The van der Waals surface area contributed by atoms with Crippen molar-refractivity contribution >= 4 is 38.9 Å². The molecule has 2 heterocycles. The van der Waals surface area contributed by atoms with E-state index in [4.69, 9.17) is 9.47 Å². The molecule has 4 aromatic rings. The highest BCUT2D eigenvalue weighted by molar-refractivity contribution is 9.11. The molecule has 0 radical (unpaired) electrons. The number of anilines is 1. The largest absolute Gasteiger partial charge is 0.479 e. The van der Waals surface area contributed by atoms with Crippen LogP contribution in [-0.4, -0.2) is 12.5 Å². The average molecular weight is 528 g/mol. The van der Waals surface area contributed by atoms with E-state index in [1.165, 1.54) is 17.4 Å². The van der Waals surface area contributed by atoms with Gasteiger partial charge >= 0.3 is 6.61 Å². The van der Waals surface area contributed by atoms with Gasteiger partial charge in [0.2, 0.25) is 0 Å². The van der Waals surface area contributed by atoms with Crippen LogP contribution < -0.4 is 14.8 Å². The third kappa shape index (κ3) is 4.36. The van der Waals surface area contributed by atoms with Gasteiger partial charge in [-0.1, -0.05) is 30.3 Å². The maximum atomic E-state index is 13.1. The summed E-state index contributed by atoms with van der Waals surface area (Å²) in [6, 6.07) is 23.0. The Hall–Kier alpha value is -3.23. The highest BCUT2D eigenvalue weighted by Gasteiger charge is 2.31. The summed E-state index contributed by atoms with van der Waals surface area (Å²) in [5.74, 6) is 0.247. The maximum Gasteiger partial charge on any atom is 0.387 e. The van der Waals surface area contributed by atoms with Gasteiger partial charge in [0.05, 0.1) is 14.2 Å². The number of nitrogens with one attached hydrogen (secondary N) is 1. The second-order valence-electron chi connectivity index (χ2n) is 7.27. The fourth-order valence-corrected chi connectivity index (χ4v) is 5.29. The number of amides is 1. The maximum absolute atomic E-state index is 13.1. The normalized spacial score (nSPS) is 14.2. The molecule has 8 heteroatoms. The molecule has 33 heavy (non-hydrogen) atoms. The lowest BCUT2D eigenvalue weighted by atomic mass is 9.91. The Morgan fingerprint density at radius 2 is 1.85 bits per heavy atom. The van der Waals surface area contributed by atoms with Gasteiger partial charge in [-0.15, -0.1) is 11.3 Å². The number of benzene rings is 3.